The van der Waals surface area contributed by atoms with Gasteiger partial charge in [0.25, 0.3) is 0 Å². The Hall–Kier alpha value is -2.68. The largest absolute Gasteiger partial charge is 0.436 e. The lowest BCUT2D eigenvalue weighted by Crippen LogP contribution is -2.49. The maximum atomic E-state index is 13.4. The maximum Gasteiger partial charge on any atom is 0.412 e. The van der Waals surface area contributed by atoms with Crippen LogP contribution in [0.15, 0.2) is 24.3 Å². The van der Waals surface area contributed by atoms with Crippen LogP contribution in [0.3, 0.4) is 0 Å². The second kappa shape index (κ2) is 8.99. The van der Waals surface area contributed by atoms with Crippen molar-refractivity contribution in [3.8, 4) is 12.3 Å². The lowest BCUT2D eigenvalue weighted by atomic mass is 9.78. The molecule has 0 radical (unpaired) electrons. The molecule has 2 aliphatic heterocycles. The van der Waals surface area contributed by atoms with Crippen molar-refractivity contribution in [1.82, 2.24) is 4.90 Å². The van der Waals surface area contributed by atoms with E-state index in [-0.39, 0.29) is 12.0 Å². The Kier molecular flexibility index (Phi) is 6.17. The van der Waals surface area contributed by atoms with Crippen LogP contribution in [0.4, 0.5) is 16.2 Å². The van der Waals surface area contributed by atoms with Gasteiger partial charge < -0.3 is 14.5 Å². The van der Waals surface area contributed by atoms with Crippen LogP contribution in [0.5, 0.6) is 0 Å². The zero-order valence-electron chi connectivity index (χ0n) is 17.6. The molecular formula is C24H31N3O3. The standard InChI is InChI=1S/C24H31N3O3/c1-2-17-30-23(29)25-19-9-11-20(12-10-19)26-15-6-13-24(18-26)14-16-27(22(24)28)21-7-4-3-5-8-21/h1,9-12,21H,3-8,13-18H2,(H,25,29). The molecule has 1 saturated carbocycles. The maximum absolute atomic E-state index is 13.4. The Morgan fingerprint density at radius 1 is 1.13 bits per heavy atom. The lowest BCUT2D eigenvalue weighted by molar-refractivity contribution is -0.138. The Bertz CT molecular complexity index is 810. The molecule has 1 N–H and O–H groups in total. The predicted molar refractivity (Wildman–Crippen MR) is 117 cm³/mol. The minimum absolute atomic E-state index is 0.0499. The number of hydrogen-bond acceptors (Lipinski definition) is 4. The Labute approximate surface area is 178 Å². The summed E-state index contributed by atoms with van der Waals surface area (Å²) in [5, 5.41) is 2.67. The highest BCUT2D eigenvalue weighted by Crippen LogP contribution is 2.43. The molecule has 4 rings (SSSR count). The van der Waals surface area contributed by atoms with Crippen molar-refractivity contribution >= 4 is 23.4 Å². The van der Waals surface area contributed by atoms with Gasteiger partial charge in [-0.2, -0.15) is 0 Å². The highest BCUT2D eigenvalue weighted by Gasteiger charge is 2.50. The molecule has 6 heteroatoms. The molecule has 0 aromatic heterocycles. The summed E-state index contributed by atoms with van der Waals surface area (Å²) in [6, 6.07) is 8.17. The number of nitrogens with one attached hydrogen (secondary N) is 1. The second-order valence-corrected chi connectivity index (χ2v) is 8.80. The van der Waals surface area contributed by atoms with E-state index in [1.54, 1.807) is 0 Å². The first-order valence-electron chi connectivity index (χ1n) is 11.1. The molecule has 1 spiro atoms. The molecule has 1 unspecified atom stereocenters. The molecule has 3 aliphatic rings. The molecule has 3 fully saturated rings. The average molecular weight is 410 g/mol. The number of likely N-dealkylation sites (tertiary alicyclic amines) is 1. The number of carbonyl (C=O) groups is 2. The van der Waals surface area contributed by atoms with Gasteiger partial charge >= 0.3 is 6.09 Å². The molecule has 160 valence electrons. The number of anilines is 2. The van der Waals surface area contributed by atoms with Gasteiger partial charge in [-0.15, -0.1) is 6.42 Å². The number of terminal acetylenes is 1. The second-order valence-electron chi connectivity index (χ2n) is 8.80. The van der Waals surface area contributed by atoms with E-state index in [0.29, 0.717) is 17.6 Å². The quantitative estimate of drug-likeness (QED) is 0.763. The van der Waals surface area contributed by atoms with Crippen molar-refractivity contribution in [2.45, 2.75) is 57.4 Å². The summed E-state index contributed by atoms with van der Waals surface area (Å²) in [6.07, 6.45) is 13.7. The number of piperidine rings is 1. The molecular weight excluding hydrogens is 378 g/mol. The van der Waals surface area contributed by atoms with Crippen LogP contribution < -0.4 is 10.2 Å². The summed E-state index contributed by atoms with van der Waals surface area (Å²) >= 11 is 0. The van der Waals surface area contributed by atoms with E-state index in [1.165, 1.54) is 32.1 Å². The fourth-order valence-corrected chi connectivity index (χ4v) is 5.34. The van der Waals surface area contributed by atoms with E-state index in [1.807, 2.05) is 24.3 Å². The number of nitrogens with zero attached hydrogens (tertiary/aromatic N) is 2. The minimum Gasteiger partial charge on any atom is -0.436 e. The van der Waals surface area contributed by atoms with Gasteiger partial charge in [-0.1, -0.05) is 25.2 Å². The first-order chi connectivity index (χ1) is 14.6. The minimum atomic E-state index is -0.558. The van der Waals surface area contributed by atoms with Crippen LogP contribution in [0.2, 0.25) is 0 Å². The molecule has 6 nitrogen and oxygen atoms in total. The number of ether oxygens (including phenoxy) is 1. The van der Waals surface area contributed by atoms with Crippen molar-refractivity contribution < 1.29 is 14.3 Å². The van der Waals surface area contributed by atoms with E-state index in [9.17, 15) is 9.59 Å². The van der Waals surface area contributed by atoms with E-state index >= 15 is 0 Å². The third-order valence-corrected chi connectivity index (χ3v) is 6.90. The third kappa shape index (κ3) is 4.26. The van der Waals surface area contributed by atoms with Gasteiger partial charge in [0.05, 0.1) is 5.41 Å². The van der Waals surface area contributed by atoms with Crippen LogP contribution in [0.25, 0.3) is 0 Å². The summed E-state index contributed by atoms with van der Waals surface area (Å²) < 4.78 is 4.84. The van der Waals surface area contributed by atoms with Crippen molar-refractivity contribution in [3.05, 3.63) is 24.3 Å². The van der Waals surface area contributed by atoms with Gasteiger partial charge in [-0.3, -0.25) is 10.1 Å². The number of rotatable bonds is 4. The van der Waals surface area contributed by atoms with Crippen LogP contribution in [-0.4, -0.2) is 49.2 Å². The molecule has 1 atom stereocenters. The van der Waals surface area contributed by atoms with Gasteiger partial charge in [0.15, 0.2) is 6.61 Å². The van der Waals surface area contributed by atoms with Crippen molar-refractivity contribution in [1.29, 1.82) is 0 Å². The zero-order chi connectivity index (χ0) is 21.0. The third-order valence-electron chi connectivity index (χ3n) is 6.90. The normalized spacial score (nSPS) is 24.7. The summed E-state index contributed by atoms with van der Waals surface area (Å²) in [6.45, 7) is 2.60. The number of benzene rings is 1. The Morgan fingerprint density at radius 2 is 1.90 bits per heavy atom. The summed E-state index contributed by atoms with van der Waals surface area (Å²) in [5.41, 5.74) is 1.51. The monoisotopic (exact) mass is 409 g/mol. The van der Waals surface area contributed by atoms with Crippen molar-refractivity contribution in [2.24, 2.45) is 5.41 Å². The highest BCUT2D eigenvalue weighted by molar-refractivity contribution is 5.87. The molecule has 1 aliphatic carbocycles. The SMILES string of the molecule is C#CCOC(=O)Nc1ccc(N2CCCC3(CCN(C4CCCCC4)C3=O)C2)cc1. The Morgan fingerprint density at radius 3 is 2.63 bits per heavy atom. The van der Waals surface area contributed by atoms with Crippen LogP contribution in [0, 0.1) is 17.8 Å². The number of carbonyl (C=O) groups excluding carboxylic acids is 2. The van der Waals surface area contributed by atoms with Gasteiger partial charge in [-0.05, 0) is 56.4 Å². The van der Waals surface area contributed by atoms with E-state index < -0.39 is 6.09 Å². The first-order valence-corrected chi connectivity index (χ1v) is 11.1. The van der Waals surface area contributed by atoms with Gasteiger partial charge in [0.2, 0.25) is 5.91 Å². The van der Waals surface area contributed by atoms with Crippen LogP contribution in [-0.2, 0) is 9.53 Å². The molecule has 1 aromatic carbocycles. The van der Waals surface area contributed by atoms with Crippen molar-refractivity contribution in [2.75, 3.05) is 36.5 Å². The fraction of sp³-hybridized carbons (Fsp3) is 0.583. The topological polar surface area (TPSA) is 61.9 Å². The van der Waals surface area contributed by atoms with Crippen LogP contribution >= 0.6 is 0 Å². The molecule has 2 amide bonds. The molecule has 2 saturated heterocycles. The zero-order valence-corrected chi connectivity index (χ0v) is 17.6. The molecule has 2 heterocycles. The molecule has 0 bridgehead atoms. The van der Waals surface area contributed by atoms with Gasteiger partial charge in [0, 0.05) is 37.1 Å². The van der Waals surface area contributed by atoms with E-state index in [2.05, 4.69) is 21.0 Å². The molecule has 30 heavy (non-hydrogen) atoms. The van der Waals surface area contributed by atoms with E-state index in [0.717, 1.165) is 44.6 Å². The molecule has 1 aromatic rings. The number of amides is 2. The predicted octanol–water partition coefficient (Wildman–Crippen LogP) is 4.02. The Balaban J connectivity index is 1.40. The summed E-state index contributed by atoms with van der Waals surface area (Å²) in [5.74, 6) is 2.65. The summed E-state index contributed by atoms with van der Waals surface area (Å²) in [7, 11) is 0. The number of hydrogen-bond donors (Lipinski definition) is 1. The summed E-state index contributed by atoms with van der Waals surface area (Å²) in [4.78, 5) is 29.6. The van der Waals surface area contributed by atoms with E-state index in [4.69, 9.17) is 11.2 Å². The lowest BCUT2D eigenvalue weighted by Gasteiger charge is -2.41. The highest BCUT2D eigenvalue weighted by atomic mass is 16.5. The fourth-order valence-electron chi connectivity index (χ4n) is 5.34. The van der Waals surface area contributed by atoms with Crippen molar-refractivity contribution in [3.63, 3.8) is 0 Å². The smallest absolute Gasteiger partial charge is 0.412 e. The van der Waals surface area contributed by atoms with Gasteiger partial charge in [-0.25, -0.2) is 4.79 Å². The van der Waals surface area contributed by atoms with Gasteiger partial charge in [0.1, 0.15) is 0 Å². The average Bonchev–Trinajstić information content (AvgIpc) is 3.09. The first kappa shape index (κ1) is 20.6. The van der Waals surface area contributed by atoms with Crippen LogP contribution in [0.1, 0.15) is 51.4 Å².